The number of anilines is 1. The molecule has 1 amide bonds. The number of ketones is 1. The summed E-state index contributed by atoms with van der Waals surface area (Å²) in [6.45, 7) is 0.141. The Bertz CT molecular complexity index is 609. The molecule has 1 fully saturated rings. The Morgan fingerprint density at radius 3 is 2.67 bits per heavy atom. The Morgan fingerprint density at radius 2 is 2.00 bits per heavy atom. The lowest BCUT2D eigenvalue weighted by atomic mass is 10.2. The summed E-state index contributed by atoms with van der Waals surface area (Å²) in [5, 5.41) is 2.46. The van der Waals surface area contributed by atoms with E-state index in [9.17, 15) is 9.59 Å². The fraction of sp³-hybridized carbons (Fsp3) is 0.167. The van der Waals surface area contributed by atoms with Gasteiger partial charge in [0.05, 0.1) is 18.7 Å². The average Bonchev–Trinajstić information content (AvgIpc) is 2.97. The van der Waals surface area contributed by atoms with E-state index < -0.39 is 0 Å². The molecule has 0 radical (unpaired) electrons. The summed E-state index contributed by atoms with van der Waals surface area (Å²) < 4.78 is 0. The monoisotopic (exact) mass is 259 g/mol. The zero-order valence-electron chi connectivity index (χ0n) is 9.37. The van der Waals surface area contributed by atoms with E-state index in [1.54, 1.807) is 12.4 Å². The van der Waals surface area contributed by atoms with Crippen LogP contribution in [0.15, 0.2) is 29.9 Å². The van der Waals surface area contributed by atoms with E-state index in [0.29, 0.717) is 5.13 Å². The standard InChI is InChI=1S/C12H9N3O2S/c16-9-5-11(17)15(6-9)12-14-10(7-18-12)8-1-3-13-4-2-8/h1-4,7H,5-6H2. The van der Waals surface area contributed by atoms with Crippen LogP contribution in [0, 0.1) is 0 Å². The third-order valence-electron chi connectivity index (χ3n) is 2.68. The van der Waals surface area contributed by atoms with Gasteiger partial charge in [0.15, 0.2) is 10.9 Å². The van der Waals surface area contributed by atoms with Crippen molar-refractivity contribution in [3.05, 3.63) is 29.9 Å². The highest BCUT2D eigenvalue weighted by Crippen LogP contribution is 2.28. The van der Waals surface area contributed by atoms with Crippen LogP contribution in [0.4, 0.5) is 5.13 Å². The van der Waals surface area contributed by atoms with Crippen LogP contribution in [-0.2, 0) is 9.59 Å². The molecule has 5 nitrogen and oxygen atoms in total. The summed E-state index contributed by atoms with van der Waals surface area (Å²) in [4.78, 5) is 32.6. The number of carbonyl (C=O) groups excluding carboxylic acids is 2. The van der Waals surface area contributed by atoms with Crippen LogP contribution in [0.2, 0.25) is 0 Å². The van der Waals surface area contributed by atoms with Gasteiger partial charge in [-0.15, -0.1) is 11.3 Å². The van der Waals surface area contributed by atoms with Crippen molar-refractivity contribution in [2.75, 3.05) is 11.4 Å². The SMILES string of the molecule is O=C1CC(=O)N(c2nc(-c3ccncc3)cs2)C1. The van der Waals surface area contributed by atoms with Gasteiger partial charge < -0.3 is 0 Å². The number of Topliss-reactive ketones (excluding diaryl/α,β-unsaturated/α-hetero) is 1. The highest BCUT2D eigenvalue weighted by Gasteiger charge is 2.30. The summed E-state index contributed by atoms with van der Waals surface area (Å²) in [7, 11) is 0. The molecule has 0 N–H and O–H groups in total. The number of rotatable bonds is 2. The van der Waals surface area contributed by atoms with Gasteiger partial charge in [0.25, 0.3) is 0 Å². The van der Waals surface area contributed by atoms with E-state index in [4.69, 9.17) is 0 Å². The van der Waals surface area contributed by atoms with Crippen LogP contribution >= 0.6 is 11.3 Å². The van der Waals surface area contributed by atoms with Gasteiger partial charge in [-0.3, -0.25) is 19.5 Å². The summed E-state index contributed by atoms with van der Waals surface area (Å²) in [5.74, 6) is -0.226. The number of nitrogens with zero attached hydrogens (tertiary/aromatic N) is 3. The van der Waals surface area contributed by atoms with Crippen molar-refractivity contribution < 1.29 is 9.59 Å². The maximum Gasteiger partial charge on any atom is 0.236 e. The summed E-state index contributed by atoms with van der Waals surface area (Å²) in [5.41, 5.74) is 1.75. The fourth-order valence-electron chi connectivity index (χ4n) is 1.80. The van der Waals surface area contributed by atoms with Gasteiger partial charge in [0.2, 0.25) is 5.91 Å². The number of aromatic nitrogens is 2. The lowest BCUT2D eigenvalue weighted by molar-refractivity contribution is -0.121. The molecule has 1 aliphatic heterocycles. The molecule has 1 saturated heterocycles. The second-order valence-electron chi connectivity index (χ2n) is 3.95. The van der Waals surface area contributed by atoms with Gasteiger partial charge in [-0.1, -0.05) is 0 Å². The van der Waals surface area contributed by atoms with Crippen LogP contribution in [0.1, 0.15) is 6.42 Å². The molecule has 0 bridgehead atoms. The van der Waals surface area contributed by atoms with Crippen LogP contribution in [-0.4, -0.2) is 28.2 Å². The Labute approximate surface area is 107 Å². The third-order valence-corrected chi connectivity index (χ3v) is 3.55. The molecule has 3 rings (SSSR count). The van der Waals surface area contributed by atoms with E-state index in [1.807, 2.05) is 17.5 Å². The molecule has 2 aromatic heterocycles. The maximum atomic E-state index is 11.6. The van der Waals surface area contributed by atoms with E-state index in [2.05, 4.69) is 9.97 Å². The molecule has 0 saturated carbocycles. The minimum Gasteiger partial charge on any atom is -0.297 e. The van der Waals surface area contributed by atoms with Crippen LogP contribution in [0.3, 0.4) is 0 Å². The lowest BCUT2D eigenvalue weighted by Crippen LogP contribution is -2.24. The summed E-state index contributed by atoms with van der Waals surface area (Å²) in [6, 6.07) is 3.71. The highest BCUT2D eigenvalue weighted by atomic mass is 32.1. The number of hydrogen-bond acceptors (Lipinski definition) is 5. The number of carbonyl (C=O) groups is 2. The molecule has 0 aromatic carbocycles. The number of thiazole rings is 1. The van der Waals surface area contributed by atoms with Crippen molar-refractivity contribution in [3.63, 3.8) is 0 Å². The van der Waals surface area contributed by atoms with Gasteiger partial charge in [-0.25, -0.2) is 4.98 Å². The molecule has 2 aromatic rings. The van der Waals surface area contributed by atoms with Crippen molar-refractivity contribution in [1.82, 2.24) is 9.97 Å². The molecule has 1 aliphatic rings. The predicted octanol–water partition coefficient (Wildman–Crippen LogP) is 1.51. The van der Waals surface area contributed by atoms with E-state index in [-0.39, 0.29) is 24.7 Å². The first-order valence-electron chi connectivity index (χ1n) is 5.42. The van der Waals surface area contributed by atoms with Gasteiger partial charge in [0.1, 0.15) is 0 Å². The lowest BCUT2D eigenvalue weighted by Gasteiger charge is -2.09. The van der Waals surface area contributed by atoms with Gasteiger partial charge in [-0.2, -0.15) is 0 Å². The van der Waals surface area contributed by atoms with Crippen LogP contribution < -0.4 is 4.90 Å². The first-order chi connectivity index (χ1) is 8.74. The first-order valence-corrected chi connectivity index (χ1v) is 6.30. The quantitative estimate of drug-likeness (QED) is 0.767. The Kier molecular flexibility index (Phi) is 2.64. The first kappa shape index (κ1) is 11.0. The van der Waals surface area contributed by atoms with E-state index >= 15 is 0 Å². The molecule has 0 atom stereocenters. The van der Waals surface area contributed by atoms with Crippen LogP contribution in [0.25, 0.3) is 11.3 Å². The zero-order valence-corrected chi connectivity index (χ0v) is 10.2. The minimum absolute atomic E-state index is 0.00975. The second-order valence-corrected chi connectivity index (χ2v) is 4.78. The highest BCUT2D eigenvalue weighted by molar-refractivity contribution is 7.14. The minimum atomic E-state index is -0.171. The molecule has 3 heterocycles. The van der Waals surface area contributed by atoms with E-state index in [0.717, 1.165) is 11.3 Å². The molecule has 6 heteroatoms. The molecule has 0 spiro atoms. The summed E-state index contributed by atoms with van der Waals surface area (Å²) >= 11 is 1.37. The largest absolute Gasteiger partial charge is 0.297 e. The van der Waals surface area contributed by atoms with Crippen molar-refractivity contribution in [1.29, 1.82) is 0 Å². The topological polar surface area (TPSA) is 63.2 Å². The van der Waals surface area contributed by atoms with Gasteiger partial charge in [0, 0.05) is 23.3 Å². The maximum absolute atomic E-state index is 11.6. The van der Waals surface area contributed by atoms with Gasteiger partial charge in [-0.05, 0) is 12.1 Å². The predicted molar refractivity (Wildman–Crippen MR) is 67.3 cm³/mol. The zero-order chi connectivity index (χ0) is 12.5. The number of amides is 1. The molecule has 18 heavy (non-hydrogen) atoms. The van der Waals surface area contributed by atoms with Crippen molar-refractivity contribution in [3.8, 4) is 11.3 Å². The molecule has 90 valence electrons. The van der Waals surface area contributed by atoms with Crippen molar-refractivity contribution in [2.45, 2.75) is 6.42 Å². The molecular weight excluding hydrogens is 250 g/mol. The fourth-order valence-corrected chi connectivity index (χ4v) is 2.65. The Morgan fingerprint density at radius 1 is 1.22 bits per heavy atom. The van der Waals surface area contributed by atoms with Crippen molar-refractivity contribution in [2.24, 2.45) is 0 Å². The van der Waals surface area contributed by atoms with Crippen molar-refractivity contribution >= 4 is 28.2 Å². The average molecular weight is 259 g/mol. The summed E-state index contributed by atoms with van der Waals surface area (Å²) in [6.07, 6.45) is 3.38. The van der Waals surface area contributed by atoms with Crippen LogP contribution in [0.5, 0.6) is 0 Å². The Balaban J connectivity index is 1.91. The molecular formula is C12H9N3O2S. The van der Waals surface area contributed by atoms with Gasteiger partial charge >= 0.3 is 0 Å². The number of pyridine rings is 1. The molecule has 0 aliphatic carbocycles. The third kappa shape index (κ3) is 1.91. The smallest absolute Gasteiger partial charge is 0.236 e. The Hall–Kier alpha value is -2.08. The van der Waals surface area contributed by atoms with E-state index in [1.165, 1.54) is 16.2 Å². The number of hydrogen-bond donors (Lipinski definition) is 0. The second kappa shape index (κ2) is 4.30. The normalized spacial score (nSPS) is 15.4. The molecule has 0 unspecified atom stereocenters.